The number of benzene rings is 1. The fourth-order valence-corrected chi connectivity index (χ4v) is 2.92. The lowest BCUT2D eigenvalue weighted by Crippen LogP contribution is -2.38. The molecule has 1 aromatic rings. The number of terminal acetylenes is 1. The Morgan fingerprint density at radius 1 is 1.45 bits per heavy atom. The van der Waals surface area contributed by atoms with Gasteiger partial charge in [-0.3, -0.25) is 4.79 Å². The second-order valence-corrected chi connectivity index (χ2v) is 5.80. The Bertz CT molecular complexity index is 559. The molecule has 0 bridgehead atoms. The summed E-state index contributed by atoms with van der Waals surface area (Å²) in [6.45, 7) is 2.02. The molecule has 1 atom stereocenters. The molecule has 4 heteroatoms. The van der Waals surface area contributed by atoms with Crippen LogP contribution in [0.4, 0.5) is 4.39 Å². The molecule has 0 spiro atoms. The molecule has 3 nitrogen and oxygen atoms in total. The number of nitrogens with one attached hydrogen (secondary N) is 1. The van der Waals surface area contributed by atoms with Crippen molar-refractivity contribution in [3.8, 4) is 18.1 Å². The van der Waals surface area contributed by atoms with Crippen molar-refractivity contribution in [3.63, 3.8) is 0 Å². The van der Waals surface area contributed by atoms with Crippen molar-refractivity contribution < 1.29 is 13.9 Å². The maximum absolute atomic E-state index is 13.9. The third-order valence-electron chi connectivity index (χ3n) is 4.22. The zero-order valence-corrected chi connectivity index (χ0v) is 12.9. The summed E-state index contributed by atoms with van der Waals surface area (Å²) >= 11 is 0. The van der Waals surface area contributed by atoms with Crippen LogP contribution in [0.1, 0.15) is 49.4 Å². The second-order valence-electron chi connectivity index (χ2n) is 5.80. The van der Waals surface area contributed by atoms with Gasteiger partial charge in [-0.2, -0.15) is 0 Å². The highest BCUT2D eigenvalue weighted by molar-refractivity contribution is 5.94. The number of amides is 1. The van der Waals surface area contributed by atoms with Crippen molar-refractivity contribution in [2.45, 2.75) is 45.1 Å². The van der Waals surface area contributed by atoms with E-state index < -0.39 is 5.82 Å². The minimum Gasteiger partial charge on any atom is -0.478 e. The average Bonchev–Trinajstić information content (AvgIpc) is 2.54. The zero-order chi connectivity index (χ0) is 15.9. The average molecular weight is 303 g/mol. The first kappa shape index (κ1) is 16.4. The van der Waals surface area contributed by atoms with Crippen LogP contribution < -0.4 is 10.1 Å². The molecule has 1 aliphatic carbocycles. The van der Waals surface area contributed by atoms with Gasteiger partial charge in [-0.25, -0.2) is 4.39 Å². The quantitative estimate of drug-likeness (QED) is 0.845. The molecule has 0 heterocycles. The third-order valence-corrected chi connectivity index (χ3v) is 4.22. The zero-order valence-electron chi connectivity index (χ0n) is 12.9. The van der Waals surface area contributed by atoms with Crippen LogP contribution in [0.25, 0.3) is 0 Å². The van der Waals surface area contributed by atoms with Gasteiger partial charge in [0.25, 0.3) is 5.91 Å². The lowest BCUT2D eigenvalue weighted by molar-refractivity contribution is 0.0918. The summed E-state index contributed by atoms with van der Waals surface area (Å²) in [4.78, 5) is 12.2. The van der Waals surface area contributed by atoms with E-state index in [0.717, 1.165) is 12.8 Å². The molecule has 1 amide bonds. The maximum Gasteiger partial charge on any atom is 0.251 e. The highest BCUT2D eigenvalue weighted by atomic mass is 19.1. The SMILES string of the molecule is C#CCOc1ccc(C(=O)NC(C)C2CCCCC2)cc1F. The molecule has 22 heavy (non-hydrogen) atoms. The van der Waals surface area contributed by atoms with Crippen molar-refractivity contribution in [1.29, 1.82) is 0 Å². The first-order chi connectivity index (χ1) is 10.6. The van der Waals surface area contributed by atoms with Crippen LogP contribution in [0.3, 0.4) is 0 Å². The number of rotatable bonds is 5. The van der Waals surface area contributed by atoms with E-state index >= 15 is 0 Å². The van der Waals surface area contributed by atoms with Gasteiger partial charge < -0.3 is 10.1 Å². The summed E-state index contributed by atoms with van der Waals surface area (Å²) < 4.78 is 18.9. The van der Waals surface area contributed by atoms with Crippen LogP contribution in [0.15, 0.2) is 18.2 Å². The predicted octanol–water partition coefficient (Wildman–Crippen LogP) is 3.54. The van der Waals surface area contributed by atoms with Gasteiger partial charge in [-0.1, -0.05) is 25.2 Å². The summed E-state index contributed by atoms with van der Waals surface area (Å²) in [6, 6.07) is 4.28. The van der Waals surface area contributed by atoms with Crippen LogP contribution in [0.5, 0.6) is 5.75 Å². The predicted molar refractivity (Wildman–Crippen MR) is 84.2 cm³/mol. The van der Waals surface area contributed by atoms with E-state index in [-0.39, 0.29) is 24.3 Å². The normalized spacial score (nSPS) is 16.6. The molecule has 1 aliphatic rings. The van der Waals surface area contributed by atoms with Gasteiger partial charge in [-0.15, -0.1) is 6.42 Å². The fraction of sp³-hybridized carbons (Fsp3) is 0.500. The van der Waals surface area contributed by atoms with Gasteiger partial charge in [-0.05, 0) is 43.9 Å². The first-order valence-corrected chi connectivity index (χ1v) is 7.78. The van der Waals surface area contributed by atoms with Gasteiger partial charge in [0, 0.05) is 11.6 Å². The lowest BCUT2D eigenvalue weighted by atomic mass is 9.84. The van der Waals surface area contributed by atoms with Gasteiger partial charge in [0.1, 0.15) is 6.61 Å². The Morgan fingerprint density at radius 3 is 2.82 bits per heavy atom. The van der Waals surface area contributed by atoms with E-state index in [4.69, 9.17) is 11.2 Å². The number of carbonyl (C=O) groups is 1. The smallest absolute Gasteiger partial charge is 0.251 e. The van der Waals surface area contributed by atoms with E-state index in [9.17, 15) is 9.18 Å². The molecular weight excluding hydrogens is 281 g/mol. The monoisotopic (exact) mass is 303 g/mol. The standard InChI is InChI=1S/C18H22FNO2/c1-3-11-22-17-10-9-15(12-16(17)19)18(21)20-13(2)14-7-5-4-6-8-14/h1,9-10,12-14H,4-8,11H2,2H3,(H,20,21). The molecule has 0 aliphatic heterocycles. The molecule has 1 unspecified atom stereocenters. The summed E-state index contributed by atoms with van der Waals surface area (Å²) in [5.41, 5.74) is 0.299. The topological polar surface area (TPSA) is 38.3 Å². The Labute approximate surface area is 131 Å². The molecule has 1 aromatic carbocycles. The highest BCUT2D eigenvalue weighted by Gasteiger charge is 2.22. The Hall–Kier alpha value is -2.02. The number of hydrogen-bond donors (Lipinski definition) is 1. The molecule has 2 rings (SSSR count). The van der Waals surface area contributed by atoms with E-state index in [1.807, 2.05) is 6.92 Å². The van der Waals surface area contributed by atoms with Crippen molar-refractivity contribution in [3.05, 3.63) is 29.6 Å². The van der Waals surface area contributed by atoms with Crippen LogP contribution >= 0.6 is 0 Å². The van der Waals surface area contributed by atoms with E-state index in [1.165, 1.54) is 31.4 Å². The van der Waals surface area contributed by atoms with Crippen molar-refractivity contribution in [2.75, 3.05) is 6.61 Å². The molecule has 0 aromatic heterocycles. The molecule has 0 radical (unpaired) electrons. The van der Waals surface area contributed by atoms with Crippen LogP contribution in [-0.2, 0) is 0 Å². The van der Waals surface area contributed by atoms with Gasteiger partial charge in [0.05, 0.1) is 0 Å². The Morgan fingerprint density at radius 2 is 2.18 bits per heavy atom. The number of ether oxygens (including phenoxy) is 1. The van der Waals surface area contributed by atoms with E-state index in [1.54, 1.807) is 6.07 Å². The number of hydrogen-bond acceptors (Lipinski definition) is 2. The van der Waals surface area contributed by atoms with Crippen LogP contribution in [0, 0.1) is 24.1 Å². The van der Waals surface area contributed by atoms with E-state index in [2.05, 4.69) is 11.2 Å². The third kappa shape index (κ3) is 4.24. The Kier molecular flexibility index (Phi) is 5.83. The summed E-state index contributed by atoms with van der Waals surface area (Å²) in [7, 11) is 0. The molecule has 1 N–H and O–H groups in total. The molecular formula is C18H22FNO2. The first-order valence-electron chi connectivity index (χ1n) is 7.78. The molecule has 1 saturated carbocycles. The van der Waals surface area contributed by atoms with Crippen molar-refractivity contribution in [2.24, 2.45) is 5.92 Å². The molecule has 0 saturated heterocycles. The van der Waals surface area contributed by atoms with Crippen LogP contribution in [-0.4, -0.2) is 18.6 Å². The lowest BCUT2D eigenvalue weighted by Gasteiger charge is -2.28. The van der Waals surface area contributed by atoms with Crippen molar-refractivity contribution >= 4 is 5.91 Å². The summed E-state index contributed by atoms with van der Waals surface area (Å²) in [6.07, 6.45) is 11.1. The molecule has 1 fully saturated rings. The minimum absolute atomic E-state index is 0.00117. The highest BCUT2D eigenvalue weighted by Crippen LogP contribution is 2.26. The van der Waals surface area contributed by atoms with Gasteiger partial charge in [0.2, 0.25) is 0 Å². The summed E-state index contributed by atoms with van der Waals surface area (Å²) in [5.74, 6) is 2.03. The second kappa shape index (κ2) is 7.84. The van der Waals surface area contributed by atoms with Gasteiger partial charge in [0.15, 0.2) is 11.6 Å². The summed E-state index contributed by atoms with van der Waals surface area (Å²) in [5, 5.41) is 2.98. The largest absolute Gasteiger partial charge is 0.478 e. The number of carbonyl (C=O) groups excluding carboxylic acids is 1. The van der Waals surface area contributed by atoms with E-state index in [0.29, 0.717) is 11.5 Å². The molecule has 118 valence electrons. The van der Waals surface area contributed by atoms with Gasteiger partial charge >= 0.3 is 0 Å². The minimum atomic E-state index is -0.576. The van der Waals surface area contributed by atoms with Crippen molar-refractivity contribution in [1.82, 2.24) is 5.32 Å². The number of halogens is 1. The fourth-order valence-electron chi connectivity index (χ4n) is 2.92. The van der Waals surface area contributed by atoms with Crippen LogP contribution in [0.2, 0.25) is 0 Å². The maximum atomic E-state index is 13.9. The Balaban J connectivity index is 1.97.